The Kier molecular flexibility index (Phi) is 10.2. The first-order valence-corrected chi connectivity index (χ1v) is 11.5. The summed E-state index contributed by atoms with van der Waals surface area (Å²) in [5, 5.41) is 6.90. The van der Waals surface area contributed by atoms with Gasteiger partial charge in [0, 0.05) is 36.2 Å². The van der Waals surface area contributed by atoms with E-state index in [0.717, 1.165) is 47.8 Å². The van der Waals surface area contributed by atoms with Crippen molar-refractivity contribution in [3.05, 3.63) is 70.6 Å². The molecule has 1 heterocycles. The van der Waals surface area contributed by atoms with Crippen molar-refractivity contribution in [3.8, 4) is 0 Å². The number of aryl methyl sites for hydroxylation is 1. The Morgan fingerprint density at radius 3 is 2.53 bits per heavy atom. The molecule has 0 radical (unpaired) electrons. The molecule has 1 aromatic carbocycles. The van der Waals surface area contributed by atoms with Crippen LogP contribution < -0.4 is 10.6 Å². The standard InChI is InChI=1S/C26H36F3N3/c1-5-7-8-9-23(6-2)32-25(13-14-30-4)24-12-15-31-18-21(24)17-20-10-11-22(16-19(20)3)26(27,28)29/h10-13,15-16,18,23,30,32H,5-9,14,17H2,1-4H3/b25-13+. The third-order valence-corrected chi connectivity index (χ3v) is 5.76. The number of likely N-dealkylation sites (N-methyl/N-ethyl adjacent to an activating group) is 1. The van der Waals surface area contributed by atoms with Crippen LogP contribution in [0.4, 0.5) is 13.2 Å². The van der Waals surface area contributed by atoms with Crippen molar-refractivity contribution in [2.75, 3.05) is 13.6 Å². The molecule has 1 atom stereocenters. The van der Waals surface area contributed by atoms with Crippen LogP contribution in [0.25, 0.3) is 5.70 Å². The topological polar surface area (TPSA) is 37.0 Å². The number of benzene rings is 1. The molecule has 0 amide bonds. The number of nitrogens with zero attached hydrogens (tertiary/aromatic N) is 1. The lowest BCUT2D eigenvalue weighted by Crippen LogP contribution is -2.28. The summed E-state index contributed by atoms with van der Waals surface area (Å²) in [6, 6.07) is 6.33. The molecule has 0 fully saturated rings. The molecule has 1 unspecified atom stereocenters. The highest BCUT2D eigenvalue weighted by Crippen LogP contribution is 2.31. The Labute approximate surface area is 190 Å². The van der Waals surface area contributed by atoms with Gasteiger partial charge in [-0.25, -0.2) is 0 Å². The zero-order valence-electron chi connectivity index (χ0n) is 19.6. The Hall–Kier alpha value is -2.34. The van der Waals surface area contributed by atoms with Crippen LogP contribution in [0.2, 0.25) is 0 Å². The zero-order chi connectivity index (χ0) is 23.6. The zero-order valence-corrected chi connectivity index (χ0v) is 19.6. The summed E-state index contributed by atoms with van der Waals surface area (Å²) in [5.41, 5.74) is 3.98. The van der Waals surface area contributed by atoms with E-state index in [9.17, 15) is 13.2 Å². The molecule has 3 nitrogen and oxygen atoms in total. The minimum absolute atomic E-state index is 0.374. The molecule has 1 aromatic heterocycles. The van der Waals surface area contributed by atoms with Crippen LogP contribution in [0.3, 0.4) is 0 Å². The highest BCUT2D eigenvalue weighted by molar-refractivity contribution is 5.67. The van der Waals surface area contributed by atoms with Crippen molar-refractivity contribution in [1.82, 2.24) is 15.6 Å². The van der Waals surface area contributed by atoms with E-state index in [0.29, 0.717) is 18.0 Å². The quantitative estimate of drug-likeness (QED) is 0.364. The second-order valence-electron chi connectivity index (χ2n) is 8.27. The number of nitrogens with one attached hydrogen (secondary N) is 2. The first-order valence-electron chi connectivity index (χ1n) is 11.5. The molecule has 2 rings (SSSR count). The molecule has 32 heavy (non-hydrogen) atoms. The van der Waals surface area contributed by atoms with Crippen molar-refractivity contribution in [2.45, 2.75) is 71.5 Å². The fourth-order valence-corrected chi connectivity index (χ4v) is 3.80. The van der Waals surface area contributed by atoms with Crippen LogP contribution in [-0.4, -0.2) is 24.6 Å². The fraction of sp³-hybridized carbons (Fsp3) is 0.500. The van der Waals surface area contributed by atoms with Crippen molar-refractivity contribution in [1.29, 1.82) is 0 Å². The lowest BCUT2D eigenvalue weighted by Gasteiger charge is -2.23. The van der Waals surface area contributed by atoms with Gasteiger partial charge in [0.1, 0.15) is 0 Å². The summed E-state index contributed by atoms with van der Waals surface area (Å²) in [6.45, 7) is 6.85. The van der Waals surface area contributed by atoms with Gasteiger partial charge in [0.2, 0.25) is 0 Å². The van der Waals surface area contributed by atoms with E-state index >= 15 is 0 Å². The van der Waals surface area contributed by atoms with E-state index in [1.807, 2.05) is 19.3 Å². The molecule has 0 aliphatic heterocycles. The van der Waals surface area contributed by atoms with Gasteiger partial charge in [0.05, 0.1) is 5.56 Å². The maximum Gasteiger partial charge on any atom is 0.416 e. The van der Waals surface area contributed by atoms with Gasteiger partial charge in [-0.2, -0.15) is 13.2 Å². The normalized spacial score (nSPS) is 13.3. The van der Waals surface area contributed by atoms with Crippen molar-refractivity contribution in [3.63, 3.8) is 0 Å². The molecule has 2 aromatic rings. The molecule has 176 valence electrons. The summed E-state index contributed by atoms with van der Waals surface area (Å²) in [6.07, 6.45) is 7.67. The fourth-order valence-electron chi connectivity index (χ4n) is 3.80. The number of rotatable bonds is 12. The van der Waals surface area contributed by atoms with Gasteiger partial charge in [-0.05, 0) is 74.2 Å². The van der Waals surface area contributed by atoms with Crippen LogP contribution in [0.1, 0.15) is 73.8 Å². The molecule has 0 spiro atoms. The Morgan fingerprint density at radius 2 is 1.91 bits per heavy atom. The molecule has 0 saturated carbocycles. The monoisotopic (exact) mass is 447 g/mol. The lowest BCUT2D eigenvalue weighted by atomic mass is 9.95. The highest BCUT2D eigenvalue weighted by atomic mass is 19.4. The molecule has 2 N–H and O–H groups in total. The van der Waals surface area contributed by atoms with Gasteiger partial charge >= 0.3 is 6.18 Å². The largest absolute Gasteiger partial charge is 0.416 e. The minimum Gasteiger partial charge on any atom is -0.382 e. The van der Waals surface area contributed by atoms with Crippen molar-refractivity contribution < 1.29 is 13.2 Å². The van der Waals surface area contributed by atoms with Gasteiger partial charge in [0.25, 0.3) is 0 Å². The molecular formula is C26H36F3N3. The third kappa shape index (κ3) is 7.66. The molecular weight excluding hydrogens is 411 g/mol. The second kappa shape index (κ2) is 12.6. The van der Waals surface area contributed by atoms with Crippen LogP contribution >= 0.6 is 0 Å². The van der Waals surface area contributed by atoms with E-state index < -0.39 is 11.7 Å². The molecule has 0 saturated heterocycles. The van der Waals surface area contributed by atoms with Gasteiger partial charge in [-0.1, -0.05) is 39.2 Å². The number of hydrogen-bond donors (Lipinski definition) is 2. The number of unbranched alkanes of at least 4 members (excludes halogenated alkanes) is 2. The number of alkyl halides is 3. The second-order valence-corrected chi connectivity index (χ2v) is 8.27. The Bertz CT molecular complexity index is 875. The van der Waals surface area contributed by atoms with Gasteiger partial charge in [-0.15, -0.1) is 0 Å². The Balaban J connectivity index is 2.32. The minimum atomic E-state index is -4.33. The average molecular weight is 448 g/mol. The van der Waals surface area contributed by atoms with E-state index in [4.69, 9.17) is 0 Å². The van der Waals surface area contributed by atoms with E-state index in [-0.39, 0.29) is 0 Å². The number of pyridine rings is 1. The van der Waals surface area contributed by atoms with E-state index in [1.165, 1.54) is 25.3 Å². The SMILES string of the molecule is CCCCCC(CC)N/C(=C/CNC)c1ccncc1Cc1ccc(C(F)(F)F)cc1C. The molecule has 6 heteroatoms. The van der Waals surface area contributed by atoms with Gasteiger partial charge < -0.3 is 10.6 Å². The summed E-state index contributed by atoms with van der Waals surface area (Å²) in [7, 11) is 1.91. The number of hydrogen-bond acceptors (Lipinski definition) is 3. The van der Waals surface area contributed by atoms with Crippen molar-refractivity contribution >= 4 is 5.70 Å². The first-order chi connectivity index (χ1) is 15.3. The first kappa shape index (κ1) is 25.9. The smallest absolute Gasteiger partial charge is 0.382 e. The van der Waals surface area contributed by atoms with Gasteiger partial charge in [0.15, 0.2) is 0 Å². The highest BCUT2D eigenvalue weighted by Gasteiger charge is 2.30. The summed E-state index contributed by atoms with van der Waals surface area (Å²) in [5.74, 6) is 0. The van der Waals surface area contributed by atoms with E-state index in [1.54, 1.807) is 19.2 Å². The van der Waals surface area contributed by atoms with Crippen LogP contribution in [0, 0.1) is 6.92 Å². The van der Waals surface area contributed by atoms with Crippen LogP contribution in [-0.2, 0) is 12.6 Å². The van der Waals surface area contributed by atoms with Crippen LogP contribution in [0.5, 0.6) is 0 Å². The lowest BCUT2D eigenvalue weighted by molar-refractivity contribution is -0.137. The Morgan fingerprint density at radius 1 is 1.12 bits per heavy atom. The van der Waals surface area contributed by atoms with E-state index in [2.05, 4.69) is 35.5 Å². The maximum atomic E-state index is 13.0. The third-order valence-electron chi connectivity index (χ3n) is 5.76. The molecule has 0 bridgehead atoms. The average Bonchev–Trinajstić information content (AvgIpc) is 2.76. The summed E-state index contributed by atoms with van der Waals surface area (Å²) < 4.78 is 39.1. The van der Waals surface area contributed by atoms with Crippen molar-refractivity contribution in [2.24, 2.45) is 0 Å². The maximum absolute atomic E-state index is 13.0. The summed E-state index contributed by atoms with van der Waals surface area (Å²) in [4.78, 5) is 4.30. The van der Waals surface area contributed by atoms with Crippen LogP contribution in [0.15, 0.2) is 42.7 Å². The predicted molar refractivity (Wildman–Crippen MR) is 126 cm³/mol. The molecule has 0 aliphatic rings. The number of aromatic nitrogens is 1. The number of halogens is 3. The van der Waals surface area contributed by atoms with Gasteiger partial charge in [-0.3, -0.25) is 4.98 Å². The molecule has 0 aliphatic carbocycles. The predicted octanol–water partition coefficient (Wildman–Crippen LogP) is 6.51. The summed E-state index contributed by atoms with van der Waals surface area (Å²) >= 11 is 0.